The Labute approximate surface area is 137 Å². The Hall–Kier alpha value is -2.60. The van der Waals surface area contributed by atoms with Gasteiger partial charge in [-0.2, -0.15) is 0 Å². The summed E-state index contributed by atoms with van der Waals surface area (Å²) in [5.74, 6) is -0.428. The topological polar surface area (TPSA) is 54.9 Å². The van der Waals surface area contributed by atoms with Crippen LogP contribution in [0.1, 0.15) is 11.3 Å². The van der Waals surface area contributed by atoms with Crippen LogP contribution in [0.4, 0.5) is 4.39 Å². The maximum Gasteiger partial charge on any atom is 0.226 e. The molecule has 0 aliphatic rings. The van der Waals surface area contributed by atoms with E-state index in [0.717, 1.165) is 5.56 Å². The molecule has 116 valence electrons. The van der Waals surface area contributed by atoms with Gasteiger partial charge < -0.3 is 5.32 Å². The van der Waals surface area contributed by atoms with Gasteiger partial charge in [-0.05, 0) is 29.8 Å². The van der Waals surface area contributed by atoms with Crippen molar-refractivity contribution >= 4 is 17.2 Å². The van der Waals surface area contributed by atoms with Crippen molar-refractivity contribution in [2.75, 3.05) is 0 Å². The highest BCUT2D eigenvalue weighted by Gasteiger charge is 2.11. The zero-order chi connectivity index (χ0) is 16.1. The number of nitrogens with one attached hydrogen (secondary N) is 1. The van der Waals surface area contributed by atoms with Gasteiger partial charge in [0.25, 0.3) is 0 Å². The maximum atomic E-state index is 13.7. The maximum absolute atomic E-state index is 13.7. The predicted octanol–water partition coefficient (Wildman–Crippen LogP) is 3.20. The second-order valence-corrected chi connectivity index (χ2v) is 5.79. The molecule has 0 fully saturated rings. The second kappa shape index (κ2) is 7.11. The van der Waals surface area contributed by atoms with Crippen molar-refractivity contribution in [3.63, 3.8) is 0 Å². The summed E-state index contributed by atoms with van der Waals surface area (Å²) in [7, 11) is 0. The Kier molecular flexibility index (Phi) is 4.73. The van der Waals surface area contributed by atoms with Crippen LogP contribution in [0.25, 0.3) is 10.6 Å². The van der Waals surface area contributed by atoms with Crippen LogP contribution in [-0.2, 0) is 17.8 Å². The molecule has 1 N–H and O–H groups in total. The fourth-order valence-corrected chi connectivity index (χ4v) is 2.92. The third-order valence-electron chi connectivity index (χ3n) is 3.24. The summed E-state index contributed by atoms with van der Waals surface area (Å²) in [6.45, 7) is 0.450. The number of rotatable bonds is 5. The van der Waals surface area contributed by atoms with E-state index in [1.807, 2.05) is 12.1 Å². The van der Waals surface area contributed by atoms with Crippen molar-refractivity contribution in [3.05, 3.63) is 71.2 Å². The molecule has 0 aliphatic carbocycles. The molecule has 3 aromatic rings. The number of hydrogen-bond acceptors (Lipinski definition) is 4. The average molecular weight is 327 g/mol. The van der Waals surface area contributed by atoms with Crippen LogP contribution in [0.2, 0.25) is 0 Å². The summed E-state index contributed by atoms with van der Waals surface area (Å²) in [5, 5.41) is 5.20. The van der Waals surface area contributed by atoms with Gasteiger partial charge in [0.15, 0.2) is 0 Å². The summed E-state index contributed by atoms with van der Waals surface area (Å²) < 4.78 is 13.7. The number of aromatic nitrogens is 2. The molecule has 6 heteroatoms. The first-order valence-electron chi connectivity index (χ1n) is 7.07. The largest absolute Gasteiger partial charge is 0.352 e. The van der Waals surface area contributed by atoms with Crippen LogP contribution in [0.5, 0.6) is 0 Å². The van der Waals surface area contributed by atoms with Crippen LogP contribution >= 0.6 is 11.3 Å². The number of amides is 1. The molecule has 0 radical (unpaired) electrons. The minimum Gasteiger partial charge on any atom is -0.352 e. The van der Waals surface area contributed by atoms with Gasteiger partial charge in [-0.3, -0.25) is 9.78 Å². The molecule has 2 heterocycles. The van der Waals surface area contributed by atoms with E-state index in [1.54, 1.807) is 36.0 Å². The smallest absolute Gasteiger partial charge is 0.226 e. The van der Waals surface area contributed by atoms with Gasteiger partial charge in [0.1, 0.15) is 10.8 Å². The first kappa shape index (κ1) is 15.3. The molecule has 3 rings (SSSR count). The lowest BCUT2D eigenvalue weighted by atomic mass is 10.2. The third kappa shape index (κ3) is 3.98. The van der Waals surface area contributed by atoms with Crippen molar-refractivity contribution in [1.82, 2.24) is 15.3 Å². The van der Waals surface area contributed by atoms with Gasteiger partial charge in [-0.1, -0.05) is 12.1 Å². The third-order valence-corrected chi connectivity index (χ3v) is 4.16. The highest BCUT2D eigenvalue weighted by Crippen LogP contribution is 2.26. The monoisotopic (exact) mass is 327 g/mol. The van der Waals surface area contributed by atoms with E-state index in [4.69, 9.17) is 0 Å². The number of carbonyl (C=O) groups excluding carboxylic acids is 1. The Balaban J connectivity index is 1.61. The van der Waals surface area contributed by atoms with E-state index >= 15 is 0 Å². The van der Waals surface area contributed by atoms with E-state index in [9.17, 15) is 9.18 Å². The van der Waals surface area contributed by atoms with Crippen molar-refractivity contribution in [1.29, 1.82) is 0 Å². The second-order valence-electron chi connectivity index (χ2n) is 4.93. The van der Waals surface area contributed by atoms with Crippen LogP contribution < -0.4 is 5.32 Å². The van der Waals surface area contributed by atoms with Crippen LogP contribution in [-0.4, -0.2) is 15.9 Å². The lowest BCUT2D eigenvalue weighted by Crippen LogP contribution is -2.24. The predicted molar refractivity (Wildman–Crippen MR) is 87.3 cm³/mol. The molecule has 1 aromatic carbocycles. The van der Waals surface area contributed by atoms with E-state index < -0.39 is 0 Å². The quantitative estimate of drug-likeness (QED) is 0.783. The number of nitrogens with zero attached hydrogens (tertiary/aromatic N) is 2. The molecule has 1 amide bonds. The van der Waals surface area contributed by atoms with Crippen molar-refractivity contribution in [3.8, 4) is 10.6 Å². The zero-order valence-electron chi connectivity index (χ0n) is 12.2. The highest BCUT2D eigenvalue weighted by molar-refractivity contribution is 7.13. The number of pyridine rings is 1. The normalized spacial score (nSPS) is 10.5. The lowest BCUT2D eigenvalue weighted by molar-refractivity contribution is -0.120. The molecule has 0 bridgehead atoms. The van der Waals surface area contributed by atoms with Crippen molar-refractivity contribution in [2.45, 2.75) is 13.0 Å². The van der Waals surface area contributed by atoms with Crippen LogP contribution in [0.15, 0.2) is 54.2 Å². The fraction of sp³-hybridized carbons (Fsp3) is 0.118. The first-order valence-corrected chi connectivity index (χ1v) is 7.95. The Morgan fingerprint density at radius 2 is 1.96 bits per heavy atom. The van der Waals surface area contributed by atoms with Crippen molar-refractivity contribution in [2.24, 2.45) is 0 Å². The van der Waals surface area contributed by atoms with E-state index in [1.165, 1.54) is 17.4 Å². The van der Waals surface area contributed by atoms with Gasteiger partial charge in [0, 0.05) is 29.9 Å². The molecule has 23 heavy (non-hydrogen) atoms. The zero-order valence-corrected chi connectivity index (χ0v) is 13.0. The van der Waals surface area contributed by atoms with Crippen LogP contribution in [0.3, 0.4) is 0 Å². The summed E-state index contributed by atoms with van der Waals surface area (Å²) in [6.07, 6.45) is 3.54. The molecule has 0 spiro atoms. The van der Waals surface area contributed by atoms with Gasteiger partial charge in [-0.15, -0.1) is 11.3 Å². The van der Waals surface area contributed by atoms with Gasteiger partial charge in [0.05, 0.1) is 12.1 Å². The fourth-order valence-electron chi connectivity index (χ4n) is 2.07. The van der Waals surface area contributed by atoms with Crippen LogP contribution in [0, 0.1) is 5.82 Å². The highest BCUT2D eigenvalue weighted by atomic mass is 32.1. The first-order chi connectivity index (χ1) is 11.2. The average Bonchev–Trinajstić information content (AvgIpc) is 3.02. The van der Waals surface area contributed by atoms with Gasteiger partial charge in [-0.25, -0.2) is 9.37 Å². The molecule has 0 saturated carbocycles. The van der Waals surface area contributed by atoms with E-state index in [2.05, 4.69) is 15.3 Å². The standard InChI is InChI=1S/C17H14FN3OS/c18-15-4-2-1-3-14(15)17-21-13(11-23-17)9-16(22)20-10-12-5-7-19-8-6-12/h1-8,11H,9-10H2,(H,20,22). The molecular weight excluding hydrogens is 313 g/mol. The number of hydrogen-bond donors (Lipinski definition) is 1. The molecule has 2 aromatic heterocycles. The van der Waals surface area contributed by atoms with Gasteiger partial charge in [0.2, 0.25) is 5.91 Å². The summed E-state index contributed by atoms with van der Waals surface area (Å²) in [6, 6.07) is 10.2. The van der Waals surface area contributed by atoms with E-state index in [0.29, 0.717) is 22.8 Å². The number of halogens is 1. The molecular formula is C17H14FN3OS. The molecule has 0 saturated heterocycles. The summed E-state index contributed by atoms with van der Waals surface area (Å²) in [5.41, 5.74) is 2.08. The minimum absolute atomic E-state index is 0.118. The molecule has 4 nitrogen and oxygen atoms in total. The summed E-state index contributed by atoms with van der Waals surface area (Å²) >= 11 is 1.33. The Bertz CT molecular complexity index is 804. The van der Waals surface area contributed by atoms with Gasteiger partial charge >= 0.3 is 0 Å². The lowest BCUT2D eigenvalue weighted by Gasteiger charge is -2.03. The minimum atomic E-state index is -0.310. The number of carbonyl (C=O) groups is 1. The molecule has 0 aliphatic heterocycles. The SMILES string of the molecule is O=C(Cc1csc(-c2ccccc2F)n1)NCc1ccncc1. The Morgan fingerprint density at radius 1 is 1.17 bits per heavy atom. The number of thiazole rings is 1. The summed E-state index contributed by atoms with van der Waals surface area (Å²) in [4.78, 5) is 20.2. The molecule has 0 unspecified atom stereocenters. The van der Waals surface area contributed by atoms with Crippen molar-refractivity contribution < 1.29 is 9.18 Å². The van der Waals surface area contributed by atoms with E-state index in [-0.39, 0.29) is 18.1 Å². The Morgan fingerprint density at radius 3 is 2.74 bits per heavy atom. The molecule has 0 atom stereocenters. The number of benzene rings is 1.